The summed E-state index contributed by atoms with van der Waals surface area (Å²) in [6, 6.07) is 10.4. The highest BCUT2D eigenvalue weighted by molar-refractivity contribution is 5.78. The van der Waals surface area contributed by atoms with Gasteiger partial charge in [0, 0.05) is 25.3 Å². The summed E-state index contributed by atoms with van der Waals surface area (Å²) in [5.41, 5.74) is 4.46. The Hall–Kier alpha value is -2.30. The predicted octanol–water partition coefficient (Wildman–Crippen LogP) is 6.16. The van der Waals surface area contributed by atoms with Gasteiger partial charge in [0.25, 0.3) is 0 Å². The van der Waals surface area contributed by atoms with Crippen LogP contribution in [0.15, 0.2) is 40.8 Å². The molecule has 4 rings (SSSR count). The molecule has 0 saturated heterocycles. The number of halogens is 3. The van der Waals surface area contributed by atoms with Crippen molar-refractivity contribution < 1.29 is 17.6 Å². The fraction of sp³-hybridized carbons (Fsp3) is 0.381. The number of nitrogens with zero attached hydrogens (tertiary/aromatic N) is 1. The minimum atomic E-state index is -2.56. The number of hydrogen-bond donors (Lipinski definition) is 0. The van der Waals surface area contributed by atoms with E-state index in [2.05, 4.69) is 4.98 Å². The minimum Gasteiger partial charge on any atom is -0.441 e. The number of benzene rings is 2. The maximum atomic E-state index is 13.5. The lowest BCUT2D eigenvalue weighted by atomic mass is 9.81. The largest absolute Gasteiger partial charge is 0.441 e. The Morgan fingerprint density at radius 3 is 2.46 bits per heavy atom. The van der Waals surface area contributed by atoms with Crippen molar-refractivity contribution in [1.82, 2.24) is 4.98 Å². The van der Waals surface area contributed by atoms with Gasteiger partial charge in [-0.05, 0) is 54.5 Å². The average Bonchev–Trinajstić information content (AvgIpc) is 2.96. The topological polar surface area (TPSA) is 26.0 Å². The van der Waals surface area contributed by atoms with Crippen molar-refractivity contribution in [3.63, 3.8) is 0 Å². The molecule has 0 unspecified atom stereocenters. The number of alkyl halides is 2. The molecular weight excluding hydrogens is 339 g/mol. The standard InChI is InChI=1S/C21H20F3NO/c1-13-25-19-12-15(10-14-2-4-17(22)5-3-14)11-18(20(19)26-13)16-6-8-21(23,24)9-7-16/h2-5,11-12,16H,6-10H2,1H3. The molecule has 1 aliphatic rings. The molecule has 3 aromatic rings. The van der Waals surface area contributed by atoms with Crippen molar-refractivity contribution in [2.75, 3.05) is 0 Å². The lowest BCUT2D eigenvalue weighted by Gasteiger charge is -2.28. The van der Waals surface area contributed by atoms with E-state index in [-0.39, 0.29) is 24.6 Å². The molecule has 1 aromatic heterocycles. The minimum absolute atomic E-state index is 0.0534. The van der Waals surface area contributed by atoms with Gasteiger partial charge in [0.15, 0.2) is 11.5 Å². The molecular formula is C21H20F3NO. The fourth-order valence-corrected chi connectivity index (χ4v) is 3.82. The highest BCUT2D eigenvalue weighted by Gasteiger charge is 2.36. The highest BCUT2D eigenvalue weighted by atomic mass is 19.3. The molecule has 1 saturated carbocycles. The van der Waals surface area contributed by atoms with E-state index in [9.17, 15) is 13.2 Å². The smallest absolute Gasteiger partial charge is 0.248 e. The lowest BCUT2D eigenvalue weighted by molar-refractivity contribution is -0.0381. The summed E-state index contributed by atoms with van der Waals surface area (Å²) in [5.74, 6) is -2.20. The van der Waals surface area contributed by atoms with Crippen LogP contribution < -0.4 is 0 Å². The van der Waals surface area contributed by atoms with Gasteiger partial charge in [-0.25, -0.2) is 18.2 Å². The van der Waals surface area contributed by atoms with E-state index in [4.69, 9.17) is 4.42 Å². The summed E-state index contributed by atoms with van der Waals surface area (Å²) in [5, 5.41) is 0. The van der Waals surface area contributed by atoms with Gasteiger partial charge in [0.2, 0.25) is 5.92 Å². The zero-order valence-electron chi connectivity index (χ0n) is 14.6. The second kappa shape index (κ2) is 6.45. The first-order chi connectivity index (χ1) is 12.4. The third-order valence-electron chi connectivity index (χ3n) is 5.16. The summed E-state index contributed by atoms with van der Waals surface area (Å²) in [6.45, 7) is 1.79. The van der Waals surface area contributed by atoms with Crippen molar-refractivity contribution in [3.05, 3.63) is 64.8 Å². The van der Waals surface area contributed by atoms with E-state index in [0.29, 0.717) is 30.7 Å². The van der Waals surface area contributed by atoms with Crippen LogP contribution >= 0.6 is 0 Å². The first kappa shape index (κ1) is 17.1. The van der Waals surface area contributed by atoms with Gasteiger partial charge in [-0.15, -0.1) is 0 Å². The van der Waals surface area contributed by atoms with Crippen molar-refractivity contribution >= 4 is 11.1 Å². The molecule has 0 N–H and O–H groups in total. The summed E-state index contributed by atoms with van der Waals surface area (Å²) < 4.78 is 46.0. The first-order valence-corrected chi connectivity index (χ1v) is 8.92. The van der Waals surface area contributed by atoms with Crippen molar-refractivity contribution in [2.45, 2.75) is 50.9 Å². The lowest BCUT2D eigenvalue weighted by Crippen LogP contribution is -2.23. The van der Waals surface area contributed by atoms with Crippen LogP contribution in [0.25, 0.3) is 11.1 Å². The van der Waals surface area contributed by atoms with Crippen molar-refractivity contribution in [2.24, 2.45) is 0 Å². The Bertz CT molecular complexity index is 920. The van der Waals surface area contributed by atoms with Gasteiger partial charge in [-0.2, -0.15) is 0 Å². The zero-order valence-corrected chi connectivity index (χ0v) is 14.6. The van der Waals surface area contributed by atoms with E-state index in [1.165, 1.54) is 12.1 Å². The van der Waals surface area contributed by atoms with Gasteiger partial charge in [-0.3, -0.25) is 0 Å². The van der Waals surface area contributed by atoms with Crippen LogP contribution in [0.4, 0.5) is 13.2 Å². The van der Waals surface area contributed by atoms with Crippen LogP contribution in [0.2, 0.25) is 0 Å². The Balaban J connectivity index is 1.70. The van der Waals surface area contributed by atoms with Gasteiger partial charge < -0.3 is 4.42 Å². The molecule has 0 bridgehead atoms. The average molecular weight is 359 g/mol. The maximum Gasteiger partial charge on any atom is 0.248 e. The number of rotatable bonds is 3. The second-order valence-corrected chi connectivity index (χ2v) is 7.20. The number of aromatic nitrogens is 1. The SMILES string of the molecule is Cc1nc2cc(Cc3ccc(F)cc3)cc(C3CCC(F)(F)CC3)c2o1. The molecule has 5 heteroatoms. The molecule has 26 heavy (non-hydrogen) atoms. The van der Waals surface area contributed by atoms with Crippen LogP contribution in [0, 0.1) is 12.7 Å². The Labute approximate surface area is 150 Å². The van der Waals surface area contributed by atoms with Crippen molar-refractivity contribution in [1.29, 1.82) is 0 Å². The van der Waals surface area contributed by atoms with Crippen LogP contribution in [-0.2, 0) is 6.42 Å². The van der Waals surface area contributed by atoms with E-state index in [0.717, 1.165) is 22.2 Å². The van der Waals surface area contributed by atoms with Gasteiger partial charge in [0.05, 0.1) is 0 Å². The Kier molecular flexibility index (Phi) is 4.25. The maximum absolute atomic E-state index is 13.5. The molecule has 0 amide bonds. The number of oxazole rings is 1. The summed E-state index contributed by atoms with van der Waals surface area (Å²) in [6.07, 6.45) is 1.35. The van der Waals surface area contributed by atoms with Gasteiger partial charge >= 0.3 is 0 Å². The Morgan fingerprint density at radius 1 is 1.08 bits per heavy atom. The molecule has 1 aliphatic carbocycles. The highest BCUT2D eigenvalue weighted by Crippen LogP contribution is 2.43. The van der Waals surface area contributed by atoms with E-state index in [1.54, 1.807) is 19.1 Å². The molecule has 0 spiro atoms. The Morgan fingerprint density at radius 2 is 1.77 bits per heavy atom. The van der Waals surface area contributed by atoms with Crippen LogP contribution in [-0.4, -0.2) is 10.9 Å². The molecule has 136 valence electrons. The predicted molar refractivity (Wildman–Crippen MR) is 94.1 cm³/mol. The van der Waals surface area contributed by atoms with Crippen LogP contribution in [0.3, 0.4) is 0 Å². The van der Waals surface area contributed by atoms with Gasteiger partial charge in [-0.1, -0.05) is 18.2 Å². The van der Waals surface area contributed by atoms with E-state index < -0.39 is 5.92 Å². The summed E-state index contributed by atoms with van der Waals surface area (Å²) >= 11 is 0. The number of fused-ring (bicyclic) bond motifs is 1. The third kappa shape index (κ3) is 3.48. The van der Waals surface area contributed by atoms with Crippen LogP contribution in [0.1, 0.15) is 54.2 Å². The molecule has 1 heterocycles. The summed E-state index contributed by atoms with van der Waals surface area (Å²) in [7, 11) is 0. The first-order valence-electron chi connectivity index (χ1n) is 8.92. The quantitative estimate of drug-likeness (QED) is 0.560. The fourth-order valence-electron chi connectivity index (χ4n) is 3.82. The number of aryl methyl sites for hydroxylation is 1. The molecule has 2 nitrogen and oxygen atoms in total. The molecule has 1 fully saturated rings. The molecule has 2 aromatic carbocycles. The van der Waals surface area contributed by atoms with E-state index >= 15 is 0 Å². The molecule has 0 radical (unpaired) electrons. The van der Waals surface area contributed by atoms with Crippen molar-refractivity contribution in [3.8, 4) is 0 Å². The second-order valence-electron chi connectivity index (χ2n) is 7.20. The number of hydrogen-bond acceptors (Lipinski definition) is 2. The monoisotopic (exact) mass is 359 g/mol. The van der Waals surface area contributed by atoms with E-state index in [1.807, 2.05) is 12.1 Å². The van der Waals surface area contributed by atoms with Crippen LogP contribution in [0.5, 0.6) is 0 Å². The molecule has 0 atom stereocenters. The molecule has 0 aliphatic heterocycles. The third-order valence-corrected chi connectivity index (χ3v) is 5.16. The normalized spacial score (nSPS) is 17.7. The summed E-state index contributed by atoms with van der Waals surface area (Å²) in [4.78, 5) is 4.44. The zero-order chi connectivity index (χ0) is 18.3. The van der Waals surface area contributed by atoms with Gasteiger partial charge in [0.1, 0.15) is 11.3 Å².